The number of halogens is 2. The van der Waals surface area contributed by atoms with Crippen LogP contribution in [0, 0.1) is 17.0 Å². The standard InChI is InChI=1S/C18H12Cl2N2O4/c1-10-14(9-17(26-10)11-5-6-15(19)16(20)7-11)18(23)21-12-3-2-4-13(8-12)22(24)25/h2-9H,1H3,(H,21,23). The number of rotatable bonds is 4. The van der Waals surface area contributed by atoms with Crippen molar-refractivity contribution in [3.8, 4) is 11.3 Å². The van der Waals surface area contributed by atoms with E-state index in [-0.39, 0.29) is 5.69 Å². The van der Waals surface area contributed by atoms with E-state index in [4.69, 9.17) is 27.6 Å². The number of carbonyl (C=O) groups excluding carboxylic acids is 1. The lowest BCUT2D eigenvalue weighted by atomic mass is 10.1. The Kier molecular flexibility index (Phi) is 4.97. The highest BCUT2D eigenvalue weighted by molar-refractivity contribution is 6.42. The van der Waals surface area contributed by atoms with Crippen molar-refractivity contribution in [3.05, 3.63) is 80.0 Å². The van der Waals surface area contributed by atoms with E-state index in [1.54, 1.807) is 37.3 Å². The van der Waals surface area contributed by atoms with Crippen LogP contribution in [0.15, 0.2) is 52.9 Å². The minimum atomic E-state index is -0.527. The molecule has 0 aliphatic heterocycles. The maximum Gasteiger partial charge on any atom is 0.271 e. The van der Waals surface area contributed by atoms with Crippen molar-refractivity contribution >= 4 is 40.5 Å². The molecule has 2 aromatic carbocycles. The zero-order valence-electron chi connectivity index (χ0n) is 13.5. The zero-order valence-corrected chi connectivity index (χ0v) is 15.0. The Morgan fingerprint density at radius 2 is 1.88 bits per heavy atom. The van der Waals surface area contributed by atoms with E-state index >= 15 is 0 Å². The van der Waals surface area contributed by atoms with Gasteiger partial charge in [0.25, 0.3) is 11.6 Å². The first-order valence-electron chi connectivity index (χ1n) is 7.47. The van der Waals surface area contributed by atoms with Crippen LogP contribution in [-0.4, -0.2) is 10.8 Å². The van der Waals surface area contributed by atoms with Crippen molar-refractivity contribution in [2.45, 2.75) is 6.92 Å². The Bertz CT molecular complexity index is 1010. The average Bonchev–Trinajstić information content (AvgIpc) is 2.99. The lowest BCUT2D eigenvalue weighted by Crippen LogP contribution is -2.12. The van der Waals surface area contributed by atoms with E-state index in [1.807, 2.05) is 0 Å². The Hall–Kier alpha value is -2.83. The summed E-state index contributed by atoms with van der Waals surface area (Å²) in [6, 6.07) is 12.3. The molecule has 3 aromatic rings. The number of nitro groups is 1. The lowest BCUT2D eigenvalue weighted by Gasteiger charge is -2.03. The van der Waals surface area contributed by atoms with E-state index in [1.165, 1.54) is 18.2 Å². The van der Waals surface area contributed by atoms with Gasteiger partial charge in [-0.15, -0.1) is 0 Å². The van der Waals surface area contributed by atoms with Gasteiger partial charge in [0.2, 0.25) is 0 Å². The molecule has 0 spiro atoms. The number of furan rings is 1. The Morgan fingerprint density at radius 1 is 1.12 bits per heavy atom. The minimum Gasteiger partial charge on any atom is -0.461 e. The van der Waals surface area contributed by atoms with Crippen molar-refractivity contribution < 1.29 is 14.1 Å². The highest BCUT2D eigenvalue weighted by Gasteiger charge is 2.17. The monoisotopic (exact) mass is 390 g/mol. The summed E-state index contributed by atoms with van der Waals surface area (Å²) in [6.07, 6.45) is 0. The molecule has 8 heteroatoms. The third-order valence-corrected chi connectivity index (χ3v) is 4.42. The lowest BCUT2D eigenvalue weighted by molar-refractivity contribution is -0.384. The van der Waals surface area contributed by atoms with Gasteiger partial charge in [0.1, 0.15) is 11.5 Å². The number of hydrogen-bond donors (Lipinski definition) is 1. The van der Waals surface area contributed by atoms with Crippen LogP contribution >= 0.6 is 23.2 Å². The quantitative estimate of drug-likeness (QED) is 0.455. The number of benzene rings is 2. The summed E-state index contributed by atoms with van der Waals surface area (Å²) in [5.74, 6) is 0.442. The second-order valence-corrected chi connectivity index (χ2v) is 6.29. The van der Waals surface area contributed by atoms with Gasteiger partial charge in [-0.05, 0) is 37.3 Å². The maximum atomic E-state index is 12.5. The van der Waals surface area contributed by atoms with Crippen LogP contribution in [0.3, 0.4) is 0 Å². The van der Waals surface area contributed by atoms with Crippen molar-refractivity contribution in [2.75, 3.05) is 5.32 Å². The highest BCUT2D eigenvalue weighted by Crippen LogP contribution is 2.31. The van der Waals surface area contributed by atoms with Crippen LogP contribution in [-0.2, 0) is 0 Å². The number of anilines is 1. The van der Waals surface area contributed by atoms with Crippen LogP contribution in [0.5, 0.6) is 0 Å². The summed E-state index contributed by atoms with van der Waals surface area (Å²) in [4.78, 5) is 22.8. The third kappa shape index (κ3) is 3.71. The van der Waals surface area contributed by atoms with Gasteiger partial charge in [-0.3, -0.25) is 14.9 Å². The van der Waals surface area contributed by atoms with Gasteiger partial charge >= 0.3 is 0 Å². The fraction of sp³-hybridized carbons (Fsp3) is 0.0556. The number of amides is 1. The molecule has 0 atom stereocenters. The molecule has 0 aliphatic rings. The van der Waals surface area contributed by atoms with Crippen LogP contribution in [0.25, 0.3) is 11.3 Å². The van der Waals surface area contributed by atoms with Gasteiger partial charge in [-0.1, -0.05) is 29.3 Å². The van der Waals surface area contributed by atoms with Crippen LogP contribution in [0.4, 0.5) is 11.4 Å². The summed E-state index contributed by atoms with van der Waals surface area (Å²) in [7, 11) is 0. The zero-order chi connectivity index (χ0) is 18.8. The molecular formula is C18H12Cl2N2O4. The van der Waals surface area contributed by atoms with E-state index in [9.17, 15) is 14.9 Å². The van der Waals surface area contributed by atoms with Gasteiger partial charge in [0, 0.05) is 23.4 Å². The molecule has 1 N–H and O–H groups in total. The molecule has 26 heavy (non-hydrogen) atoms. The number of non-ortho nitro benzene ring substituents is 1. The van der Waals surface area contributed by atoms with E-state index in [0.29, 0.717) is 38.4 Å². The number of nitro benzene ring substituents is 1. The summed E-state index contributed by atoms with van der Waals surface area (Å²) < 4.78 is 5.65. The van der Waals surface area contributed by atoms with E-state index < -0.39 is 10.8 Å². The Labute approximate surface area is 158 Å². The van der Waals surface area contributed by atoms with Gasteiger partial charge in [-0.2, -0.15) is 0 Å². The summed E-state index contributed by atoms with van der Waals surface area (Å²) in [6.45, 7) is 1.66. The van der Waals surface area contributed by atoms with Crippen molar-refractivity contribution in [1.82, 2.24) is 0 Å². The molecule has 3 rings (SSSR count). The maximum absolute atomic E-state index is 12.5. The Balaban J connectivity index is 1.86. The topological polar surface area (TPSA) is 85.4 Å². The molecule has 0 fully saturated rings. The molecule has 0 saturated heterocycles. The first-order valence-corrected chi connectivity index (χ1v) is 8.22. The van der Waals surface area contributed by atoms with E-state index in [0.717, 1.165) is 0 Å². The summed E-state index contributed by atoms with van der Waals surface area (Å²) in [5.41, 5.74) is 1.21. The molecule has 1 amide bonds. The second-order valence-electron chi connectivity index (χ2n) is 5.47. The van der Waals surface area contributed by atoms with E-state index in [2.05, 4.69) is 5.32 Å². The predicted octanol–water partition coefficient (Wildman–Crippen LogP) is 5.72. The van der Waals surface area contributed by atoms with Crippen molar-refractivity contribution in [3.63, 3.8) is 0 Å². The first-order chi connectivity index (χ1) is 12.3. The first kappa shape index (κ1) is 18.0. The molecule has 132 valence electrons. The third-order valence-electron chi connectivity index (χ3n) is 3.68. The van der Waals surface area contributed by atoms with Crippen LogP contribution in [0.1, 0.15) is 16.1 Å². The molecule has 0 radical (unpaired) electrons. The average molecular weight is 391 g/mol. The molecule has 0 unspecified atom stereocenters. The number of aryl methyl sites for hydroxylation is 1. The number of nitrogens with zero attached hydrogens (tertiary/aromatic N) is 1. The predicted molar refractivity (Wildman–Crippen MR) is 100.0 cm³/mol. The smallest absolute Gasteiger partial charge is 0.271 e. The molecule has 0 aliphatic carbocycles. The minimum absolute atomic E-state index is 0.108. The molecule has 0 saturated carbocycles. The number of nitrogens with one attached hydrogen (secondary N) is 1. The van der Waals surface area contributed by atoms with Gasteiger partial charge in [-0.25, -0.2) is 0 Å². The van der Waals surface area contributed by atoms with Crippen molar-refractivity contribution in [2.24, 2.45) is 0 Å². The van der Waals surface area contributed by atoms with Gasteiger partial charge in [0.15, 0.2) is 0 Å². The van der Waals surface area contributed by atoms with Gasteiger partial charge in [0.05, 0.1) is 20.5 Å². The SMILES string of the molecule is Cc1oc(-c2ccc(Cl)c(Cl)c2)cc1C(=O)Nc1cccc([N+](=O)[O-])c1. The molecule has 6 nitrogen and oxygen atoms in total. The van der Waals surface area contributed by atoms with Crippen LogP contribution < -0.4 is 5.32 Å². The second kappa shape index (κ2) is 7.19. The molecule has 0 bridgehead atoms. The molecule has 1 heterocycles. The van der Waals surface area contributed by atoms with Crippen molar-refractivity contribution in [1.29, 1.82) is 0 Å². The number of hydrogen-bond acceptors (Lipinski definition) is 4. The van der Waals surface area contributed by atoms with Gasteiger partial charge < -0.3 is 9.73 Å². The van der Waals surface area contributed by atoms with Crippen LogP contribution in [0.2, 0.25) is 10.0 Å². The summed E-state index contributed by atoms with van der Waals surface area (Å²) >= 11 is 11.9. The fourth-order valence-corrected chi connectivity index (χ4v) is 2.69. The highest BCUT2D eigenvalue weighted by atomic mass is 35.5. The molecular weight excluding hydrogens is 379 g/mol. The fourth-order valence-electron chi connectivity index (χ4n) is 2.39. The molecule has 1 aromatic heterocycles. The largest absolute Gasteiger partial charge is 0.461 e. The normalized spacial score (nSPS) is 10.6. The number of carbonyl (C=O) groups is 1. The summed E-state index contributed by atoms with van der Waals surface area (Å²) in [5, 5.41) is 14.3. The Morgan fingerprint density at radius 3 is 2.58 bits per heavy atom.